The van der Waals surface area contributed by atoms with Gasteiger partial charge < -0.3 is 4.74 Å². The van der Waals surface area contributed by atoms with Crippen LogP contribution in [-0.2, 0) is 9.53 Å². The van der Waals surface area contributed by atoms with Crippen LogP contribution < -0.4 is 0 Å². The highest BCUT2D eigenvalue weighted by molar-refractivity contribution is 5.96. The van der Waals surface area contributed by atoms with Crippen LogP contribution in [0.1, 0.15) is 32.4 Å². The Hall–Kier alpha value is -1.84. The van der Waals surface area contributed by atoms with E-state index in [9.17, 15) is 9.59 Å². The molecule has 1 saturated heterocycles. The molecule has 2 rings (SSSR count). The summed E-state index contributed by atoms with van der Waals surface area (Å²) in [5.41, 5.74) is 0.317. The third kappa shape index (κ3) is 2.23. The summed E-state index contributed by atoms with van der Waals surface area (Å²) in [7, 11) is 0. The van der Waals surface area contributed by atoms with E-state index in [4.69, 9.17) is 4.74 Å². The van der Waals surface area contributed by atoms with Gasteiger partial charge in [0.15, 0.2) is 0 Å². The first-order valence-corrected chi connectivity index (χ1v) is 5.96. The Kier molecular flexibility index (Phi) is 3.11. The Morgan fingerprint density at radius 1 is 1.28 bits per heavy atom. The quantitative estimate of drug-likeness (QED) is 0.766. The van der Waals surface area contributed by atoms with E-state index in [-0.39, 0.29) is 18.6 Å². The van der Waals surface area contributed by atoms with Gasteiger partial charge in [0.1, 0.15) is 12.6 Å². The number of imide groups is 1. The molecule has 96 valence electrons. The molecule has 0 saturated carbocycles. The average molecular weight is 247 g/mol. The van der Waals surface area contributed by atoms with Gasteiger partial charge in [0.2, 0.25) is 5.91 Å². The first-order chi connectivity index (χ1) is 8.41. The molecular weight excluding hydrogens is 230 g/mol. The highest BCUT2D eigenvalue weighted by Crippen LogP contribution is 2.31. The maximum atomic E-state index is 12.3. The van der Waals surface area contributed by atoms with Crippen LogP contribution in [-0.4, -0.2) is 23.5 Å². The zero-order valence-corrected chi connectivity index (χ0v) is 10.8. The van der Waals surface area contributed by atoms with Crippen LogP contribution in [0.4, 0.5) is 4.79 Å². The number of benzene rings is 1. The molecule has 4 nitrogen and oxygen atoms in total. The second kappa shape index (κ2) is 4.44. The summed E-state index contributed by atoms with van der Waals surface area (Å²) in [4.78, 5) is 25.2. The van der Waals surface area contributed by atoms with E-state index < -0.39 is 11.5 Å². The first kappa shape index (κ1) is 12.6. The predicted molar refractivity (Wildman–Crippen MR) is 66.8 cm³/mol. The van der Waals surface area contributed by atoms with Crippen LogP contribution in [0.3, 0.4) is 0 Å². The second-order valence-electron chi connectivity index (χ2n) is 5.43. The van der Waals surface area contributed by atoms with Crippen LogP contribution in [0.2, 0.25) is 0 Å². The molecular formula is C14H17NO3. The number of rotatable bonds is 1. The SMILES string of the molecule is CC(C)(C)C(=O)N1C(=O)OC[C@H]1c1ccccc1. The minimum absolute atomic E-state index is 0.209. The van der Waals surface area contributed by atoms with Crippen molar-refractivity contribution in [2.45, 2.75) is 26.8 Å². The highest BCUT2D eigenvalue weighted by Gasteiger charge is 2.42. The number of ether oxygens (including phenoxy) is 1. The monoisotopic (exact) mass is 247 g/mol. The van der Waals surface area contributed by atoms with Crippen molar-refractivity contribution < 1.29 is 14.3 Å². The van der Waals surface area contributed by atoms with E-state index >= 15 is 0 Å². The number of cyclic esters (lactones) is 1. The van der Waals surface area contributed by atoms with Crippen molar-refractivity contribution >= 4 is 12.0 Å². The minimum atomic E-state index is -0.601. The largest absolute Gasteiger partial charge is 0.446 e. The molecule has 18 heavy (non-hydrogen) atoms. The van der Waals surface area contributed by atoms with Gasteiger partial charge in [-0.05, 0) is 5.56 Å². The normalized spacial score (nSPS) is 19.8. The topological polar surface area (TPSA) is 46.6 Å². The Morgan fingerprint density at radius 2 is 1.89 bits per heavy atom. The summed E-state index contributed by atoms with van der Waals surface area (Å²) in [5, 5.41) is 0. The lowest BCUT2D eigenvalue weighted by atomic mass is 9.93. The molecule has 0 radical (unpaired) electrons. The number of carbonyl (C=O) groups excluding carboxylic acids is 2. The molecule has 0 N–H and O–H groups in total. The summed E-state index contributed by atoms with van der Waals surface area (Å²) in [6, 6.07) is 9.16. The van der Waals surface area contributed by atoms with Crippen LogP contribution >= 0.6 is 0 Å². The van der Waals surface area contributed by atoms with Crippen molar-refractivity contribution in [1.29, 1.82) is 0 Å². The van der Waals surface area contributed by atoms with Gasteiger partial charge in [-0.15, -0.1) is 0 Å². The Labute approximate surface area is 107 Å². The Morgan fingerprint density at radius 3 is 2.44 bits per heavy atom. The molecule has 1 fully saturated rings. The zero-order chi connectivity index (χ0) is 13.3. The molecule has 0 aliphatic carbocycles. The van der Waals surface area contributed by atoms with E-state index in [1.54, 1.807) is 20.8 Å². The lowest BCUT2D eigenvalue weighted by Crippen LogP contribution is -2.41. The standard InChI is InChI=1S/C14H17NO3/c1-14(2,3)12(16)15-11(9-18-13(15)17)10-7-5-4-6-8-10/h4-8,11H,9H2,1-3H3/t11-/m0/s1. The molecule has 1 aromatic rings. The predicted octanol–water partition coefficient (Wildman–Crippen LogP) is 2.75. The van der Waals surface area contributed by atoms with Crippen molar-refractivity contribution in [3.63, 3.8) is 0 Å². The lowest BCUT2D eigenvalue weighted by molar-refractivity contribution is -0.137. The van der Waals surface area contributed by atoms with Gasteiger partial charge in [-0.1, -0.05) is 51.1 Å². The molecule has 1 aromatic carbocycles. The Bertz CT molecular complexity index is 462. The molecule has 1 heterocycles. The number of hydrogen-bond donors (Lipinski definition) is 0. The number of nitrogens with zero attached hydrogens (tertiary/aromatic N) is 1. The average Bonchev–Trinajstić information content (AvgIpc) is 2.70. The summed E-state index contributed by atoms with van der Waals surface area (Å²) in [5.74, 6) is -0.209. The van der Waals surface area contributed by atoms with Gasteiger partial charge >= 0.3 is 6.09 Å². The summed E-state index contributed by atoms with van der Waals surface area (Å²) < 4.78 is 5.01. The van der Waals surface area contributed by atoms with Gasteiger partial charge in [0.05, 0.1) is 0 Å². The zero-order valence-electron chi connectivity index (χ0n) is 10.8. The molecule has 1 aliphatic rings. The minimum Gasteiger partial charge on any atom is -0.446 e. The lowest BCUT2D eigenvalue weighted by Gasteiger charge is -2.26. The second-order valence-corrected chi connectivity index (χ2v) is 5.43. The summed E-state index contributed by atoms with van der Waals surface area (Å²) >= 11 is 0. The summed E-state index contributed by atoms with van der Waals surface area (Å²) in [6.07, 6.45) is -0.552. The third-order valence-electron chi connectivity index (χ3n) is 2.92. The van der Waals surface area contributed by atoms with E-state index in [0.717, 1.165) is 5.56 Å². The van der Waals surface area contributed by atoms with E-state index in [0.29, 0.717) is 0 Å². The number of hydrogen-bond acceptors (Lipinski definition) is 3. The molecule has 0 unspecified atom stereocenters. The smallest absolute Gasteiger partial charge is 0.417 e. The first-order valence-electron chi connectivity index (χ1n) is 5.96. The van der Waals surface area contributed by atoms with Crippen molar-refractivity contribution in [2.24, 2.45) is 5.41 Å². The maximum absolute atomic E-state index is 12.3. The molecule has 1 atom stereocenters. The third-order valence-corrected chi connectivity index (χ3v) is 2.92. The number of carbonyl (C=O) groups is 2. The van der Waals surface area contributed by atoms with Gasteiger partial charge in [-0.2, -0.15) is 0 Å². The molecule has 0 bridgehead atoms. The van der Waals surface area contributed by atoms with Gasteiger partial charge in [0, 0.05) is 5.41 Å². The van der Waals surface area contributed by atoms with Gasteiger partial charge in [-0.25, -0.2) is 9.69 Å². The van der Waals surface area contributed by atoms with Crippen LogP contribution in [0.5, 0.6) is 0 Å². The van der Waals surface area contributed by atoms with Gasteiger partial charge in [0.25, 0.3) is 0 Å². The highest BCUT2D eigenvalue weighted by atomic mass is 16.6. The molecule has 2 amide bonds. The van der Waals surface area contributed by atoms with Crippen molar-refractivity contribution in [1.82, 2.24) is 4.90 Å². The van der Waals surface area contributed by atoms with Crippen molar-refractivity contribution in [3.8, 4) is 0 Å². The fraction of sp³-hybridized carbons (Fsp3) is 0.429. The van der Waals surface area contributed by atoms with E-state index in [2.05, 4.69) is 0 Å². The molecule has 0 spiro atoms. The molecule has 1 aliphatic heterocycles. The fourth-order valence-electron chi connectivity index (χ4n) is 1.93. The maximum Gasteiger partial charge on any atom is 0.417 e. The van der Waals surface area contributed by atoms with E-state index in [1.807, 2.05) is 30.3 Å². The molecule has 0 aromatic heterocycles. The van der Waals surface area contributed by atoms with Crippen molar-refractivity contribution in [3.05, 3.63) is 35.9 Å². The Balaban J connectivity index is 2.32. The van der Waals surface area contributed by atoms with Crippen LogP contribution in [0.25, 0.3) is 0 Å². The van der Waals surface area contributed by atoms with E-state index in [1.165, 1.54) is 4.90 Å². The van der Waals surface area contributed by atoms with Crippen LogP contribution in [0, 0.1) is 5.41 Å². The van der Waals surface area contributed by atoms with Crippen molar-refractivity contribution in [2.75, 3.05) is 6.61 Å². The molecule has 4 heteroatoms. The fourth-order valence-corrected chi connectivity index (χ4v) is 1.93. The summed E-state index contributed by atoms with van der Waals surface area (Å²) in [6.45, 7) is 5.61. The van der Waals surface area contributed by atoms with Crippen LogP contribution in [0.15, 0.2) is 30.3 Å². The van der Waals surface area contributed by atoms with Gasteiger partial charge in [-0.3, -0.25) is 4.79 Å². The number of amides is 2.